The Hall–Kier alpha value is -0.780. The zero-order valence-corrected chi connectivity index (χ0v) is 9.21. The highest BCUT2D eigenvalue weighted by Gasteiger charge is 2.20. The number of halogens is 4. The first-order valence-corrected chi connectivity index (χ1v) is 4.77. The first-order chi connectivity index (χ1) is 7.18. The van der Waals surface area contributed by atoms with Crippen LogP contribution in [0.3, 0.4) is 0 Å². The molecule has 1 aliphatic heterocycles. The van der Waals surface area contributed by atoms with Gasteiger partial charge in [-0.2, -0.15) is 0 Å². The second-order valence-corrected chi connectivity index (χ2v) is 3.50. The molecule has 16 heavy (non-hydrogen) atoms. The Kier molecular flexibility index (Phi) is 4.58. The summed E-state index contributed by atoms with van der Waals surface area (Å²) in [7, 11) is 0. The van der Waals surface area contributed by atoms with Crippen LogP contribution in [0.2, 0.25) is 0 Å². The summed E-state index contributed by atoms with van der Waals surface area (Å²) in [5.74, 6) is -2.88. The van der Waals surface area contributed by atoms with Crippen LogP contribution < -0.4 is 10.6 Å². The van der Waals surface area contributed by atoms with Gasteiger partial charge in [0.2, 0.25) is 0 Å². The Bertz CT molecular complexity index is 367. The van der Waals surface area contributed by atoms with E-state index >= 15 is 0 Å². The van der Waals surface area contributed by atoms with Gasteiger partial charge in [-0.15, -0.1) is 12.4 Å². The molecule has 2 N–H and O–H groups in total. The largest absolute Gasteiger partial charge is 0.314 e. The molecular weight excluding hydrogens is 241 g/mol. The monoisotopic (exact) mass is 252 g/mol. The predicted molar refractivity (Wildman–Crippen MR) is 57.2 cm³/mol. The fourth-order valence-corrected chi connectivity index (χ4v) is 1.68. The molecule has 0 unspecified atom stereocenters. The number of rotatable bonds is 1. The van der Waals surface area contributed by atoms with Crippen molar-refractivity contribution < 1.29 is 13.2 Å². The fourth-order valence-electron chi connectivity index (χ4n) is 1.68. The van der Waals surface area contributed by atoms with Crippen molar-refractivity contribution in [2.24, 2.45) is 0 Å². The molecule has 0 saturated carbocycles. The van der Waals surface area contributed by atoms with Crippen LogP contribution in [0.5, 0.6) is 0 Å². The van der Waals surface area contributed by atoms with Crippen molar-refractivity contribution in [3.8, 4) is 0 Å². The van der Waals surface area contributed by atoms with Crippen molar-refractivity contribution in [2.75, 3.05) is 19.6 Å². The van der Waals surface area contributed by atoms with E-state index in [-0.39, 0.29) is 24.0 Å². The van der Waals surface area contributed by atoms with E-state index in [1.54, 1.807) is 0 Å². The Morgan fingerprint density at radius 1 is 1.00 bits per heavy atom. The molecule has 0 aromatic heterocycles. The fraction of sp³-hybridized carbons (Fsp3) is 0.400. The standard InChI is InChI=1S/C10H11F3N2.ClH/c11-7-4-9(13)8(12)3-6(7)10-5-14-1-2-15-10;/h3-4,10,14-15H,1-2,5H2;1H/t10-;/m0./s1. The molecule has 1 saturated heterocycles. The minimum absolute atomic E-state index is 0. The lowest BCUT2D eigenvalue weighted by molar-refractivity contribution is 0.409. The van der Waals surface area contributed by atoms with Crippen LogP contribution in [0.1, 0.15) is 11.6 Å². The van der Waals surface area contributed by atoms with E-state index < -0.39 is 17.5 Å². The quantitative estimate of drug-likeness (QED) is 0.745. The second-order valence-electron chi connectivity index (χ2n) is 3.50. The molecule has 0 spiro atoms. The van der Waals surface area contributed by atoms with Gasteiger partial charge in [-0.3, -0.25) is 0 Å². The highest BCUT2D eigenvalue weighted by molar-refractivity contribution is 5.85. The van der Waals surface area contributed by atoms with Crippen molar-refractivity contribution in [1.82, 2.24) is 10.6 Å². The zero-order chi connectivity index (χ0) is 10.8. The van der Waals surface area contributed by atoms with Gasteiger partial charge in [-0.25, -0.2) is 13.2 Å². The van der Waals surface area contributed by atoms with Crippen LogP contribution in [-0.4, -0.2) is 19.6 Å². The SMILES string of the molecule is Cl.Fc1cc(F)c([C@@H]2CNCCN2)cc1F. The molecule has 1 aliphatic rings. The van der Waals surface area contributed by atoms with Crippen molar-refractivity contribution >= 4 is 12.4 Å². The van der Waals surface area contributed by atoms with Crippen LogP contribution in [-0.2, 0) is 0 Å². The summed E-state index contributed by atoms with van der Waals surface area (Å²) < 4.78 is 38.9. The lowest BCUT2D eigenvalue weighted by Gasteiger charge is -2.25. The van der Waals surface area contributed by atoms with Gasteiger partial charge in [0.15, 0.2) is 11.6 Å². The third kappa shape index (κ3) is 2.66. The molecule has 0 aliphatic carbocycles. The summed E-state index contributed by atoms with van der Waals surface area (Å²) in [6.07, 6.45) is 0. The number of hydrogen-bond acceptors (Lipinski definition) is 2. The van der Waals surface area contributed by atoms with Crippen molar-refractivity contribution in [1.29, 1.82) is 0 Å². The highest BCUT2D eigenvalue weighted by atomic mass is 35.5. The molecule has 1 fully saturated rings. The van der Waals surface area contributed by atoms with Gasteiger partial charge < -0.3 is 10.6 Å². The van der Waals surface area contributed by atoms with E-state index in [1.165, 1.54) is 0 Å². The topological polar surface area (TPSA) is 24.1 Å². The summed E-state index contributed by atoms with van der Waals surface area (Å²) in [6, 6.07) is 1.20. The van der Waals surface area contributed by atoms with Crippen LogP contribution in [0.25, 0.3) is 0 Å². The van der Waals surface area contributed by atoms with Gasteiger partial charge in [-0.05, 0) is 6.07 Å². The highest BCUT2D eigenvalue weighted by Crippen LogP contribution is 2.20. The number of nitrogens with one attached hydrogen (secondary N) is 2. The summed E-state index contributed by atoms with van der Waals surface area (Å²) in [6.45, 7) is 1.99. The Morgan fingerprint density at radius 2 is 1.69 bits per heavy atom. The average molecular weight is 253 g/mol. The maximum Gasteiger partial charge on any atom is 0.161 e. The molecule has 0 amide bonds. The second kappa shape index (κ2) is 5.52. The van der Waals surface area contributed by atoms with E-state index in [0.29, 0.717) is 19.2 Å². The van der Waals surface area contributed by atoms with Crippen LogP contribution in [0.4, 0.5) is 13.2 Å². The Labute approximate surface area is 97.6 Å². The van der Waals surface area contributed by atoms with Gasteiger partial charge >= 0.3 is 0 Å². The lowest BCUT2D eigenvalue weighted by Crippen LogP contribution is -2.43. The maximum atomic E-state index is 13.3. The normalized spacial score (nSPS) is 20.3. The van der Waals surface area contributed by atoms with Gasteiger partial charge in [0, 0.05) is 37.3 Å². The predicted octanol–water partition coefficient (Wildman–Crippen LogP) is 1.76. The van der Waals surface area contributed by atoms with Crippen LogP contribution in [0, 0.1) is 17.5 Å². The minimum atomic E-state index is -1.15. The van der Waals surface area contributed by atoms with E-state index in [0.717, 1.165) is 12.6 Å². The number of piperazine rings is 1. The first kappa shape index (κ1) is 13.3. The maximum absolute atomic E-state index is 13.3. The van der Waals surface area contributed by atoms with E-state index in [2.05, 4.69) is 10.6 Å². The molecule has 6 heteroatoms. The van der Waals surface area contributed by atoms with Crippen molar-refractivity contribution in [2.45, 2.75) is 6.04 Å². The molecule has 1 aromatic carbocycles. The van der Waals surface area contributed by atoms with E-state index in [1.807, 2.05) is 0 Å². The molecule has 1 heterocycles. The van der Waals surface area contributed by atoms with Crippen LogP contribution >= 0.6 is 12.4 Å². The molecule has 0 radical (unpaired) electrons. The molecular formula is C10H12ClF3N2. The Balaban J connectivity index is 0.00000128. The minimum Gasteiger partial charge on any atom is -0.314 e. The molecule has 1 aromatic rings. The van der Waals surface area contributed by atoms with Gasteiger partial charge in [0.05, 0.1) is 0 Å². The summed E-state index contributed by atoms with van der Waals surface area (Å²) in [4.78, 5) is 0. The zero-order valence-electron chi connectivity index (χ0n) is 8.40. The van der Waals surface area contributed by atoms with Gasteiger partial charge in [0.25, 0.3) is 0 Å². The smallest absolute Gasteiger partial charge is 0.161 e. The third-order valence-electron chi connectivity index (χ3n) is 2.46. The van der Waals surface area contributed by atoms with Crippen LogP contribution in [0.15, 0.2) is 12.1 Å². The van der Waals surface area contributed by atoms with Gasteiger partial charge in [0.1, 0.15) is 5.82 Å². The van der Waals surface area contributed by atoms with Gasteiger partial charge in [-0.1, -0.05) is 0 Å². The summed E-state index contributed by atoms with van der Waals surface area (Å²) in [5, 5.41) is 6.08. The molecule has 90 valence electrons. The lowest BCUT2D eigenvalue weighted by atomic mass is 10.0. The average Bonchev–Trinajstić information content (AvgIpc) is 2.25. The van der Waals surface area contributed by atoms with Crippen molar-refractivity contribution in [3.05, 3.63) is 35.1 Å². The van der Waals surface area contributed by atoms with Crippen molar-refractivity contribution in [3.63, 3.8) is 0 Å². The molecule has 2 nitrogen and oxygen atoms in total. The summed E-state index contributed by atoms with van der Waals surface area (Å²) >= 11 is 0. The summed E-state index contributed by atoms with van der Waals surface area (Å²) in [5.41, 5.74) is 0.168. The van der Waals surface area contributed by atoms with E-state index in [4.69, 9.17) is 0 Å². The van der Waals surface area contributed by atoms with E-state index in [9.17, 15) is 13.2 Å². The number of hydrogen-bond donors (Lipinski definition) is 2. The first-order valence-electron chi connectivity index (χ1n) is 4.77. The third-order valence-corrected chi connectivity index (χ3v) is 2.46. The Morgan fingerprint density at radius 3 is 2.31 bits per heavy atom. The molecule has 0 bridgehead atoms. The molecule has 2 rings (SSSR count). The number of benzene rings is 1. The molecule has 1 atom stereocenters.